The lowest BCUT2D eigenvalue weighted by molar-refractivity contribution is 0.414. The third-order valence-corrected chi connectivity index (χ3v) is 5.45. The molecule has 0 fully saturated rings. The molecule has 0 N–H and O–H groups in total. The Labute approximate surface area is 168 Å². The fraction of sp³-hybridized carbons (Fsp3) is 0.136. The Hall–Kier alpha value is -3.12. The van der Waals surface area contributed by atoms with E-state index in [4.69, 9.17) is 4.74 Å². The summed E-state index contributed by atoms with van der Waals surface area (Å²) in [5, 5.41) is 9.73. The molecule has 0 radical (unpaired) electrons. The van der Waals surface area contributed by atoms with Crippen LogP contribution in [0.2, 0.25) is 0 Å². The molecule has 4 rings (SSSR count). The normalized spacial score (nSPS) is 10.8. The van der Waals surface area contributed by atoms with Crippen LogP contribution in [0, 0.1) is 6.92 Å². The second-order valence-corrected chi connectivity index (χ2v) is 7.21. The van der Waals surface area contributed by atoms with E-state index in [1.54, 1.807) is 25.1 Å². The third-order valence-electron chi connectivity index (χ3n) is 4.48. The van der Waals surface area contributed by atoms with Crippen LogP contribution in [0.25, 0.3) is 17.2 Å². The molecule has 0 unspecified atom stereocenters. The molecule has 0 spiro atoms. The van der Waals surface area contributed by atoms with Crippen molar-refractivity contribution < 1.29 is 4.74 Å². The monoisotopic (exact) mass is 388 g/mol. The Balaban J connectivity index is 1.73. The summed E-state index contributed by atoms with van der Waals surface area (Å²) in [6.45, 7) is 2.13. The van der Waals surface area contributed by atoms with Gasteiger partial charge in [-0.1, -0.05) is 42.1 Å². The molecule has 2 heterocycles. The minimum atomic E-state index is 0.720. The van der Waals surface area contributed by atoms with Gasteiger partial charge in [-0.05, 0) is 54.4 Å². The summed E-state index contributed by atoms with van der Waals surface area (Å²) in [5.74, 6) is 2.35. The van der Waals surface area contributed by atoms with Crippen LogP contribution in [0.1, 0.15) is 11.1 Å². The van der Waals surface area contributed by atoms with E-state index >= 15 is 0 Å². The molecule has 2 aromatic carbocycles. The van der Waals surface area contributed by atoms with Crippen molar-refractivity contribution in [3.63, 3.8) is 0 Å². The van der Waals surface area contributed by atoms with Crippen LogP contribution in [-0.4, -0.2) is 26.9 Å². The average molecular weight is 388 g/mol. The van der Waals surface area contributed by atoms with Crippen molar-refractivity contribution in [3.05, 3.63) is 84.1 Å². The molecule has 0 aliphatic rings. The number of pyridine rings is 1. The highest BCUT2D eigenvalue weighted by Gasteiger charge is 2.17. The van der Waals surface area contributed by atoms with E-state index in [0.717, 1.165) is 33.9 Å². The van der Waals surface area contributed by atoms with Crippen molar-refractivity contribution in [1.29, 1.82) is 0 Å². The molecule has 0 amide bonds. The van der Waals surface area contributed by atoms with Gasteiger partial charge in [-0.15, -0.1) is 10.2 Å². The molecule has 4 aromatic rings. The summed E-state index contributed by atoms with van der Waals surface area (Å²) in [6.07, 6.45) is 1.77. The first-order valence-electron chi connectivity index (χ1n) is 8.95. The Morgan fingerprint density at radius 1 is 0.929 bits per heavy atom. The largest absolute Gasteiger partial charge is 0.497 e. The molecule has 140 valence electrons. The maximum absolute atomic E-state index is 5.29. The number of benzene rings is 2. The Bertz CT molecular complexity index is 1060. The molecular weight excluding hydrogens is 368 g/mol. The van der Waals surface area contributed by atoms with Gasteiger partial charge >= 0.3 is 0 Å². The van der Waals surface area contributed by atoms with Crippen LogP contribution in [-0.2, 0) is 5.75 Å². The number of hydrogen-bond acceptors (Lipinski definition) is 5. The van der Waals surface area contributed by atoms with Crippen molar-refractivity contribution in [2.75, 3.05) is 7.11 Å². The SMILES string of the molecule is COc1ccc(-n2c(SCc3ccccc3C)nnc2-c2ccccn2)cc1. The lowest BCUT2D eigenvalue weighted by atomic mass is 10.1. The predicted octanol–water partition coefficient (Wildman–Crippen LogP) is 4.94. The molecule has 0 saturated carbocycles. The average Bonchev–Trinajstić information content (AvgIpc) is 3.18. The van der Waals surface area contributed by atoms with E-state index in [2.05, 4.69) is 46.4 Å². The Kier molecular flexibility index (Phi) is 5.39. The molecule has 6 heteroatoms. The van der Waals surface area contributed by atoms with E-state index in [1.807, 2.05) is 47.0 Å². The first-order chi connectivity index (χ1) is 13.8. The summed E-state index contributed by atoms with van der Waals surface area (Å²) >= 11 is 1.66. The van der Waals surface area contributed by atoms with Gasteiger partial charge in [0, 0.05) is 11.9 Å². The van der Waals surface area contributed by atoms with Crippen molar-refractivity contribution in [3.8, 4) is 23.0 Å². The van der Waals surface area contributed by atoms with Crippen molar-refractivity contribution in [2.45, 2.75) is 17.8 Å². The number of nitrogens with zero attached hydrogens (tertiary/aromatic N) is 4. The molecule has 28 heavy (non-hydrogen) atoms. The van der Waals surface area contributed by atoms with Gasteiger partial charge in [0.05, 0.1) is 12.8 Å². The Morgan fingerprint density at radius 3 is 2.43 bits per heavy atom. The highest BCUT2D eigenvalue weighted by molar-refractivity contribution is 7.98. The van der Waals surface area contributed by atoms with Gasteiger partial charge in [0.15, 0.2) is 11.0 Å². The Morgan fingerprint density at radius 2 is 1.71 bits per heavy atom. The number of hydrogen-bond donors (Lipinski definition) is 0. The van der Waals surface area contributed by atoms with Gasteiger partial charge in [0.25, 0.3) is 0 Å². The van der Waals surface area contributed by atoms with Gasteiger partial charge < -0.3 is 4.74 Å². The minimum Gasteiger partial charge on any atom is -0.497 e. The first kappa shape index (κ1) is 18.3. The maximum Gasteiger partial charge on any atom is 0.196 e. The summed E-state index contributed by atoms with van der Waals surface area (Å²) in [4.78, 5) is 4.46. The molecule has 5 nitrogen and oxygen atoms in total. The topological polar surface area (TPSA) is 52.8 Å². The van der Waals surface area contributed by atoms with Gasteiger partial charge in [0.2, 0.25) is 0 Å². The van der Waals surface area contributed by atoms with Crippen molar-refractivity contribution in [2.24, 2.45) is 0 Å². The molecular formula is C22H20N4OS. The number of thioether (sulfide) groups is 1. The first-order valence-corrected chi connectivity index (χ1v) is 9.93. The van der Waals surface area contributed by atoms with Gasteiger partial charge in [0.1, 0.15) is 11.4 Å². The predicted molar refractivity (Wildman–Crippen MR) is 112 cm³/mol. The van der Waals surface area contributed by atoms with Crippen LogP contribution in [0.4, 0.5) is 0 Å². The summed E-state index contributed by atoms with van der Waals surface area (Å²) in [5.41, 5.74) is 4.32. The second kappa shape index (κ2) is 8.27. The quantitative estimate of drug-likeness (QED) is 0.438. The van der Waals surface area contributed by atoms with Crippen LogP contribution in [0.3, 0.4) is 0 Å². The lowest BCUT2D eigenvalue weighted by Crippen LogP contribution is -2.01. The van der Waals surface area contributed by atoms with E-state index in [0.29, 0.717) is 0 Å². The van der Waals surface area contributed by atoms with E-state index in [1.165, 1.54) is 11.1 Å². The molecule has 0 bridgehead atoms. The zero-order valence-electron chi connectivity index (χ0n) is 15.7. The number of rotatable bonds is 6. The molecule has 0 saturated heterocycles. The zero-order valence-corrected chi connectivity index (χ0v) is 16.6. The second-order valence-electron chi connectivity index (χ2n) is 6.27. The van der Waals surface area contributed by atoms with Crippen molar-refractivity contribution in [1.82, 2.24) is 19.7 Å². The van der Waals surface area contributed by atoms with E-state index in [9.17, 15) is 0 Å². The van der Waals surface area contributed by atoms with Crippen molar-refractivity contribution >= 4 is 11.8 Å². The third kappa shape index (κ3) is 3.77. The zero-order chi connectivity index (χ0) is 19.3. The summed E-state index contributed by atoms with van der Waals surface area (Å²) in [6, 6.07) is 22.1. The van der Waals surface area contributed by atoms with Gasteiger partial charge in [-0.3, -0.25) is 9.55 Å². The highest BCUT2D eigenvalue weighted by atomic mass is 32.2. The van der Waals surface area contributed by atoms with Crippen LogP contribution in [0.5, 0.6) is 5.75 Å². The number of methoxy groups -OCH3 is 1. The number of ether oxygens (including phenoxy) is 1. The standard InChI is InChI=1S/C22H20N4OS/c1-16-7-3-4-8-17(16)15-28-22-25-24-21(20-9-5-6-14-23-20)26(22)18-10-12-19(27-2)13-11-18/h3-14H,15H2,1-2H3. The van der Waals surface area contributed by atoms with Gasteiger partial charge in [-0.25, -0.2) is 0 Å². The number of aryl methyl sites for hydroxylation is 1. The molecule has 0 aliphatic heterocycles. The summed E-state index contributed by atoms with van der Waals surface area (Å²) in [7, 11) is 1.66. The molecule has 0 aliphatic carbocycles. The number of aromatic nitrogens is 4. The van der Waals surface area contributed by atoms with Gasteiger partial charge in [-0.2, -0.15) is 0 Å². The smallest absolute Gasteiger partial charge is 0.196 e. The van der Waals surface area contributed by atoms with Crippen LogP contribution >= 0.6 is 11.8 Å². The highest BCUT2D eigenvalue weighted by Crippen LogP contribution is 2.30. The minimum absolute atomic E-state index is 0.720. The van der Waals surface area contributed by atoms with E-state index in [-0.39, 0.29) is 0 Å². The summed E-state index contributed by atoms with van der Waals surface area (Å²) < 4.78 is 7.34. The van der Waals surface area contributed by atoms with Crippen LogP contribution < -0.4 is 4.74 Å². The van der Waals surface area contributed by atoms with Crippen LogP contribution in [0.15, 0.2) is 78.1 Å². The fourth-order valence-electron chi connectivity index (χ4n) is 2.90. The van der Waals surface area contributed by atoms with E-state index < -0.39 is 0 Å². The molecule has 2 aromatic heterocycles. The maximum atomic E-state index is 5.29. The lowest BCUT2D eigenvalue weighted by Gasteiger charge is -2.11. The molecule has 0 atom stereocenters. The fourth-order valence-corrected chi connectivity index (χ4v) is 3.93.